The summed E-state index contributed by atoms with van der Waals surface area (Å²) in [6.07, 6.45) is 7.08. The summed E-state index contributed by atoms with van der Waals surface area (Å²) in [5.41, 5.74) is 3.01. The van der Waals surface area contributed by atoms with Crippen molar-refractivity contribution in [3.8, 4) is 11.8 Å². The van der Waals surface area contributed by atoms with Gasteiger partial charge in [-0.05, 0) is 57.2 Å². The molecule has 0 saturated carbocycles. The zero-order valence-electron chi connectivity index (χ0n) is 20.1. The monoisotopic (exact) mass is 472 g/mol. The van der Waals surface area contributed by atoms with E-state index in [0.29, 0.717) is 19.5 Å². The smallest absolute Gasteiger partial charge is 0.339 e. The standard InChI is InChI=1S/C25H28N8O2/c1-4-5-8-30-25(3)7-6-11-32(33-23(34)21-22(29-15-28-21)31-24(33)35)19(25)14-17-12-16(2)20-18(13-17)26-9-10-27-20/h9-10,12-13,15,19,30H,6-8,11,14H2,1-3H3,(H,28,29)(H,31,35)/t19?,25-/m1/s1. The van der Waals surface area contributed by atoms with E-state index >= 15 is 0 Å². The number of hydrogen-bond acceptors (Lipinski definition) is 7. The number of nitrogens with one attached hydrogen (secondary N) is 3. The lowest BCUT2D eigenvalue weighted by Crippen LogP contribution is -2.69. The van der Waals surface area contributed by atoms with Gasteiger partial charge in [0.05, 0.1) is 29.9 Å². The Bertz CT molecular complexity index is 1570. The average Bonchev–Trinajstić information content (AvgIpc) is 3.30. The summed E-state index contributed by atoms with van der Waals surface area (Å²) in [5, 5.41) is 5.50. The van der Waals surface area contributed by atoms with E-state index in [1.54, 1.807) is 12.4 Å². The molecule has 5 rings (SSSR count). The van der Waals surface area contributed by atoms with Gasteiger partial charge in [-0.3, -0.25) is 25.1 Å². The van der Waals surface area contributed by atoms with Crippen LogP contribution >= 0.6 is 0 Å². The van der Waals surface area contributed by atoms with Crippen LogP contribution in [-0.2, 0) is 6.42 Å². The Hall–Kier alpha value is -3.97. The third kappa shape index (κ3) is 4.08. The third-order valence-corrected chi connectivity index (χ3v) is 6.91. The Morgan fingerprint density at radius 2 is 2.06 bits per heavy atom. The van der Waals surface area contributed by atoms with E-state index in [-0.39, 0.29) is 17.2 Å². The van der Waals surface area contributed by atoms with Crippen molar-refractivity contribution in [3.63, 3.8) is 0 Å². The van der Waals surface area contributed by atoms with E-state index in [1.807, 2.05) is 24.9 Å². The van der Waals surface area contributed by atoms with Gasteiger partial charge in [-0.2, -0.15) is 4.68 Å². The van der Waals surface area contributed by atoms with E-state index in [4.69, 9.17) is 0 Å². The van der Waals surface area contributed by atoms with Crippen molar-refractivity contribution in [2.45, 2.75) is 51.6 Å². The maximum atomic E-state index is 13.4. The normalized spacial score (nSPS) is 20.2. The fourth-order valence-electron chi connectivity index (χ4n) is 5.17. The molecule has 3 aromatic heterocycles. The van der Waals surface area contributed by atoms with Crippen molar-refractivity contribution in [1.29, 1.82) is 0 Å². The van der Waals surface area contributed by atoms with Gasteiger partial charge < -0.3 is 9.99 Å². The summed E-state index contributed by atoms with van der Waals surface area (Å²) in [6.45, 7) is 7.06. The van der Waals surface area contributed by atoms with Crippen molar-refractivity contribution >= 4 is 22.2 Å². The molecule has 0 bridgehead atoms. The Kier molecular flexibility index (Phi) is 5.86. The number of piperidine rings is 1. The number of aryl methyl sites for hydroxylation is 1. The Balaban J connectivity index is 1.63. The zero-order chi connectivity index (χ0) is 24.6. The van der Waals surface area contributed by atoms with Crippen LogP contribution in [0.25, 0.3) is 22.2 Å². The maximum absolute atomic E-state index is 13.4. The van der Waals surface area contributed by atoms with Gasteiger partial charge >= 0.3 is 11.2 Å². The number of imidazole rings is 1. The van der Waals surface area contributed by atoms with Crippen LogP contribution in [0.4, 0.5) is 0 Å². The number of rotatable bonds is 5. The highest BCUT2D eigenvalue weighted by Crippen LogP contribution is 2.30. The average molecular weight is 473 g/mol. The fraction of sp³-hybridized carbons (Fsp3) is 0.400. The summed E-state index contributed by atoms with van der Waals surface area (Å²) < 4.78 is 1.23. The molecular weight excluding hydrogens is 444 g/mol. The minimum Gasteiger partial charge on any atom is -0.339 e. The first-order valence-corrected chi connectivity index (χ1v) is 11.7. The highest BCUT2D eigenvalue weighted by Gasteiger charge is 2.42. The first-order valence-electron chi connectivity index (χ1n) is 11.7. The predicted octanol–water partition coefficient (Wildman–Crippen LogP) is 1.38. The summed E-state index contributed by atoms with van der Waals surface area (Å²) in [7, 11) is 0. The molecule has 0 aliphatic carbocycles. The Morgan fingerprint density at radius 1 is 1.23 bits per heavy atom. The summed E-state index contributed by atoms with van der Waals surface area (Å²) in [4.78, 5) is 45.1. The van der Waals surface area contributed by atoms with Crippen LogP contribution in [0.5, 0.6) is 0 Å². The molecule has 3 N–H and O–H groups in total. The van der Waals surface area contributed by atoms with Crippen LogP contribution in [0.2, 0.25) is 0 Å². The summed E-state index contributed by atoms with van der Waals surface area (Å²) in [5.74, 6) is 6.02. The largest absolute Gasteiger partial charge is 0.349 e. The van der Waals surface area contributed by atoms with Crippen LogP contribution < -0.4 is 21.6 Å². The second-order valence-corrected chi connectivity index (χ2v) is 9.19. The number of aromatic nitrogens is 6. The molecule has 1 aliphatic heterocycles. The van der Waals surface area contributed by atoms with E-state index in [9.17, 15) is 9.59 Å². The molecule has 1 saturated heterocycles. The van der Waals surface area contributed by atoms with Crippen LogP contribution in [0.3, 0.4) is 0 Å². The van der Waals surface area contributed by atoms with E-state index in [2.05, 4.69) is 55.1 Å². The number of benzene rings is 1. The SMILES string of the molecule is CC#CCN[C@]1(C)CCCN(n2c(=O)[nH]c3nc[nH]c3c2=O)C1Cc1cc(C)c2nccnc2c1. The zero-order valence-corrected chi connectivity index (χ0v) is 20.1. The van der Waals surface area contributed by atoms with Gasteiger partial charge in [0, 0.05) is 24.5 Å². The molecule has 4 aromatic rings. The topological polar surface area (TPSA) is 125 Å². The molecule has 0 amide bonds. The van der Waals surface area contributed by atoms with Crippen LogP contribution in [0, 0.1) is 18.8 Å². The molecule has 0 spiro atoms. The van der Waals surface area contributed by atoms with Crippen molar-refractivity contribution in [3.05, 3.63) is 62.8 Å². The first-order chi connectivity index (χ1) is 16.9. The van der Waals surface area contributed by atoms with Crippen molar-refractivity contribution in [1.82, 2.24) is 34.9 Å². The molecule has 1 fully saturated rings. The van der Waals surface area contributed by atoms with Crippen molar-refractivity contribution in [2.75, 3.05) is 18.1 Å². The van der Waals surface area contributed by atoms with E-state index < -0.39 is 16.8 Å². The van der Waals surface area contributed by atoms with Gasteiger partial charge in [0.2, 0.25) is 0 Å². The molecule has 4 heterocycles. The second kappa shape index (κ2) is 9.00. The van der Waals surface area contributed by atoms with Gasteiger partial charge in [0.1, 0.15) is 0 Å². The molecule has 10 nitrogen and oxygen atoms in total. The Morgan fingerprint density at radius 3 is 2.89 bits per heavy atom. The molecule has 35 heavy (non-hydrogen) atoms. The third-order valence-electron chi connectivity index (χ3n) is 6.91. The van der Waals surface area contributed by atoms with Crippen LogP contribution in [0.1, 0.15) is 37.8 Å². The van der Waals surface area contributed by atoms with Gasteiger partial charge in [-0.25, -0.2) is 9.78 Å². The van der Waals surface area contributed by atoms with E-state index in [0.717, 1.165) is 35.0 Å². The van der Waals surface area contributed by atoms with Gasteiger partial charge in [-0.15, -0.1) is 5.92 Å². The van der Waals surface area contributed by atoms with Crippen molar-refractivity contribution in [2.24, 2.45) is 0 Å². The number of nitrogens with zero attached hydrogens (tertiary/aromatic N) is 5. The maximum Gasteiger partial charge on any atom is 0.349 e. The lowest BCUT2D eigenvalue weighted by atomic mass is 9.80. The highest BCUT2D eigenvalue weighted by molar-refractivity contribution is 5.78. The Labute approximate surface area is 201 Å². The number of hydrogen-bond donors (Lipinski definition) is 3. The summed E-state index contributed by atoms with van der Waals surface area (Å²) in [6, 6.07) is 3.95. The molecule has 2 atom stereocenters. The minimum absolute atomic E-state index is 0.206. The quantitative estimate of drug-likeness (QED) is 0.375. The molecule has 10 heteroatoms. The van der Waals surface area contributed by atoms with Gasteiger partial charge in [-0.1, -0.05) is 12.0 Å². The molecule has 1 aromatic carbocycles. The molecular formula is C25H28N8O2. The molecule has 1 unspecified atom stereocenters. The number of fused-ring (bicyclic) bond motifs is 2. The lowest BCUT2D eigenvalue weighted by molar-refractivity contribution is 0.199. The predicted molar refractivity (Wildman–Crippen MR) is 135 cm³/mol. The van der Waals surface area contributed by atoms with Crippen LogP contribution in [0.15, 0.2) is 40.4 Å². The first kappa shape index (κ1) is 22.8. The summed E-state index contributed by atoms with van der Waals surface area (Å²) >= 11 is 0. The fourth-order valence-corrected chi connectivity index (χ4v) is 5.17. The highest BCUT2D eigenvalue weighted by atomic mass is 16.2. The minimum atomic E-state index is -0.502. The second-order valence-electron chi connectivity index (χ2n) is 9.19. The van der Waals surface area contributed by atoms with Gasteiger partial charge in [0.15, 0.2) is 11.2 Å². The molecule has 180 valence electrons. The van der Waals surface area contributed by atoms with Crippen LogP contribution in [-0.4, -0.2) is 54.3 Å². The lowest BCUT2D eigenvalue weighted by Gasteiger charge is -2.49. The van der Waals surface area contributed by atoms with E-state index in [1.165, 1.54) is 11.0 Å². The number of aromatic amines is 2. The van der Waals surface area contributed by atoms with Gasteiger partial charge in [0.25, 0.3) is 0 Å². The molecule has 1 aliphatic rings. The van der Waals surface area contributed by atoms with Crippen molar-refractivity contribution < 1.29 is 0 Å². The molecule has 0 radical (unpaired) electrons. The number of H-pyrrole nitrogens is 2.